The van der Waals surface area contributed by atoms with E-state index in [-0.39, 0.29) is 19.0 Å². The maximum absolute atomic E-state index is 13.5. The van der Waals surface area contributed by atoms with Gasteiger partial charge in [-0.15, -0.1) is 0 Å². The third kappa shape index (κ3) is 8.16. The van der Waals surface area contributed by atoms with E-state index >= 15 is 0 Å². The summed E-state index contributed by atoms with van der Waals surface area (Å²) in [5.74, 6) is -0.881. The van der Waals surface area contributed by atoms with E-state index in [9.17, 15) is 14.7 Å². The number of rotatable bonds is 14. The van der Waals surface area contributed by atoms with Gasteiger partial charge < -0.3 is 20.6 Å². The second kappa shape index (κ2) is 13.9. The molecule has 8 heteroatoms. The first-order chi connectivity index (χ1) is 17.5. The van der Waals surface area contributed by atoms with Crippen LogP contribution in [0.3, 0.4) is 0 Å². The van der Waals surface area contributed by atoms with Gasteiger partial charge in [-0.3, -0.25) is 9.59 Å². The van der Waals surface area contributed by atoms with Crippen molar-refractivity contribution in [2.24, 2.45) is 5.73 Å². The molecule has 8 nitrogen and oxygen atoms in total. The maximum Gasteiger partial charge on any atom is 0.323 e. The quantitative estimate of drug-likeness (QED) is 0.334. The zero-order valence-electron chi connectivity index (χ0n) is 20.8. The van der Waals surface area contributed by atoms with Gasteiger partial charge in [-0.2, -0.15) is 0 Å². The molecule has 3 rings (SSSR count). The lowest BCUT2D eigenvalue weighted by atomic mass is 10.1. The first-order valence-electron chi connectivity index (χ1n) is 12.3. The summed E-state index contributed by atoms with van der Waals surface area (Å²) >= 11 is 0. The summed E-state index contributed by atoms with van der Waals surface area (Å²) in [6, 6.07) is 19.9. The molecule has 0 fully saturated rings. The Balaban J connectivity index is 1.79. The van der Waals surface area contributed by atoms with Crippen molar-refractivity contribution in [2.75, 3.05) is 38.1 Å². The van der Waals surface area contributed by atoms with E-state index < -0.39 is 5.97 Å². The zero-order chi connectivity index (χ0) is 25.8. The number of unbranched alkanes of at least 4 members (excludes halogenated alkanes) is 1. The summed E-state index contributed by atoms with van der Waals surface area (Å²) < 4.78 is 0. The highest BCUT2D eigenvalue weighted by Gasteiger charge is 2.23. The van der Waals surface area contributed by atoms with E-state index in [1.165, 1.54) is 10.5 Å². The lowest BCUT2D eigenvalue weighted by Gasteiger charge is -2.23. The van der Waals surface area contributed by atoms with E-state index in [1.54, 1.807) is 6.20 Å². The minimum Gasteiger partial charge on any atom is -0.480 e. The molecule has 0 spiro atoms. The van der Waals surface area contributed by atoms with E-state index in [1.807, 2.05) is 60.5 Å². The topological polar surface area (TPSA) is 113 Å². The number of carboxylic acids is 1. The number of carbonyl (C=O) groups is 2. The molecule has 0 aliphatic heterocycles. The Morgan fingerprint density at radius 1 is 0.889 bits per heavy atom. The van der Waals surface area contributed by atoms with Crippen LogP contribution < -0.4 is 10.6 Å². The van der Waals surface area contributed by atoms with Crippen LogP contribution in [-0.4, -0.2) is 65.1 Å². The van der Waals surface area contributed by atoms with Crippen molar-refractivity contribution in [3.63, 3.8) is 0 Å². The molecule has 1 aromatic heterocycles. The van der Waals surface area contributed by atoms with Gasteiger partial charge in [0.25, 0.3) is 5.91 Å². The number of carbonyl (C=O) groups excluding carboxylic acids is 1. The highest BCUT2D eigenvalue weighted by Crippen LogP contribution is 2.17. The molecule has 0 aliphatic rings. The summed E-state index contributed by atoms with van der Waals surface area (Å²) in [6.45, 7) is 1.19. The minimum atomic E-state index is -1.06. The number of hydrogen-bond acceptors (Lipinski definition) is 6. The Morgan fingerprint density at radius 3 is 2.08 bits per heavy atom. The number of amides is 1. The van der Waals surface area contributed by atoms with Gasteiger partial charge in [0.1, 0.15) is 6.54 Å². The third-order valence-electron chi connectivity index (χ3n) is 6.00. The van der Waals surface area contributed by atoms with Crippen molar-refractivity contribution in [3.8, 4) is 0 Å². The Kier molecular flexibility index (Phi) is 10.4. The summed E-state index contributed by atoms with van der Waals surface area (Å²) in [4.78, 5) is 37.6. The molecule has 1 heterocycles. The summed E-state index contributed by atoms with van der Waals surface area (Å²) in [7, 11) is 1.93. The summed E-state index contributed by atoms with van der Waals surface area (Å²) in [5.41, 5.74) is 8.92. The molecule has 0 saturated heterocycles. The van der Waals surface area contributed by atoms with Crippen molar-refractivity contribution in [3.05, 3.63) is 89.2 Å². The molecule has 3 aromatic rings. The van der Waals surface area contributed by atoms with E-state index in [2.05, 4.69) is 17.1 Å². The Morgan fingerprint density at radius 2 is 1.50 bits per heavy atom. The van der Waals surface area contributed by atoms with Crippen LogP contribution in [-0.2, 0) is 24.1 Å². The SMILES string of the molecule is CN(CCc1ccccc1)c1ncc(C(=O)N(CCc2ccccc2)CC(=O)O)c(CCCCN)n1. The Hall–Kier alpha value is -3.78. The van der Waals surface area contributed by atoms with Crippen molar-refractivity contribution in [1.29, 1.82) is 0 Å². The van der Waals surface area contributed by atoms with Crippen molar-refractivity contribution < 1.29 is 14.7 Å². The van der Waals surface area contributed by atoms with Crippen LogP contribution in [0.15, 0.2) is 66.9 Å². The second-order valence-electron chi connectivity index (χ2n) is 8.79. The molecule has 3 N–H and O–H groups in total. The molecule has 0 radical (unpaired) electrons. The fraction of sp³-hybridized carbons (Fsp3) is 0.357. The number of nitrogens with zero attached hydrogens (tertiary/aromatic N) is 4. The van der Waals surface area contributed by atoms with E-state index in [4.69, 9.17) is 10.7 Å². The summed E-state index contributed by atoms with van der Waals surface area (Å²) in [6.07, 6.45) is 5.10. The maximum atomic E-state index is 13.5. The monoisotopic (exact) mass is 489 g/mol. The predicted molar refractivity (Wildman–Crippen MR) is 141 cm³/mol. The smallest absolute Gasteiger partial charge is 0.323 e. The standard InChI is InChI=1S/C28H35N5O3/c1-32(18-15-22-10-4-2-5-11-22)28-30-20-24(25(31-28)14-8-9-17-29)27(36)33(21-26(34)35)19-16-23-12-6-3-7-13-23/h2-7,10-13,20H,8-9,14-19,21,29H2,1H3,(H,34,35). The first-order valence-corrected chi connectivity index (χ1v) is 12.3. The lowest BCUT2D eigenvalue weighted by molar-refractivity contribution is -0.137. The number of aromatic nitrogens is 2. The van der Waals surface area contributed by atoms with Crippen LogP contribution in [0.25, 0.3) is 0 Å². The molecule has 0 unspecified atom stereocenters. The van der Waals surface area contributed by atoms with Gasteiger partial charge in [0.2, 0.25) is 5.95 Å². The fourth-order valence-electron chi connectivity index (χ4n) is 3.93. The number of carboxylic acid groups (broad SMARTS) is 1. The Bertz CT molecular complexity index is 1110. The molecule has 36 heavy (non-hydrogen) atoms. The molecular weight excluding hydrogens is 454 g/mol. The second-order valence-corrected chi connectivity index (χ2v) is 8.79. The van der Waals surface area contributed by atoms with Crippen LogP contribution in [0.5, 0.6) is 0 Å². The number of hydrogen-bond donors (Lipinski definition) is 2. The number of likely N-dealkylation sites (N-methyl/N-ethyl adjacent to an activating group) is 1. The largest absolute Gasteiger partial charge is 0.480 e. The van der Waals surface area contributed by atoms with Gasteiger partial charge in [0.15, 0.2) is 0 Å². The number of benzene rings is 2. The highest BCUT2D eigenvalue weighted by atomic mass is 16.4. The number of anilines is 1. The molecule has 190 valence electrons. The fourth-order valence-corrected chi connectivity index (χ4v) is 3.93. The summed E-state index contributed by atoms with van der Waals surface area (Å²) in [5, 5.41) is 9.44. The molecule has 0 saturated carbocycles. The Labute approximate surface area is 212 Å². The number of aryl methyl sites for hydroxylation is 1. The molecule has 0 bridgehead atoms. The van der Waals surface area contributed by atoms with Gasteiger partial charge in [-0.1, -0.05) is 60.7 Å². The first kappa shape index (κ1) is 26.8. The minimum absolute atomic E-state index is 0.288. The van der Waals surface area contributed by atoms with Crippen LogP contribution >= 0.6 is 0 Å². The van der Waals surface area contributed by atoms with Gasteiger partial charge in [0, 0.05) is 26.3 Å². The molecule has 0 atom stereocenters. The average molecular weight is 490 g/mol. The van der Waals surface area contributed by atoms with Crippen LogP contribution in [0, 0.1) is 0 Å². The average Bonchev–Trinajstić information content (AvgIpc) is 2.90. The van der Waals surface area contributed by atoms with Crippen molar-refractivity contribution in [1.82, 2.24) is 14.9 Å². The van der Waals surface area contributed by atoms with Crippen molar-refractivity contribution >= 4 is 17.8 Å². The number of nitrogens with two attached hydrogens (primary N) is 1. The molecular formula is C28H35N5O3. The molecule has 2 aromatic carbocycles. The van der Waals surface area contributed by atoms with Crippen LogP contribution in [0.4, 0.5) is 5.95 Å². The zero-order valence-corrected chi connectivity index (χ0v) is 20.8. The van der Waals surface area contributed by atoms with Gasteiger partial charge >= 0.3 is 5.97 Å². The number of aliphatic carboxylic acids is 1. The van der Waals surface area contributed by atoms with E-state index in [0.29, 0.717) is 36.6 Å². The lowest BCUT2D eigenvalue weighted by Crippen LogP contribution is -2.38. The molecule has 0 aliphatic carbocycles. The van der Waals surface area contributed by atoms with Crippen LogP contribution in [0.1, 0.15) is 40.0 Å². The van der Waals surface area contributed by atoms with Gasteiger partial charge in [-0.05, 0) is 49.8 Å². The van der Waals surface area contributed by atoms with Crippen molar-refractivity contribution in [2.45, 2.75) is 32.1 Å². The highest BCUT2D eigenvalue weighted by molar-refractivity contribution is 5.96. The third-order valence-corrected chi connectivity index (χ3v) is 6.00. The van der Waals surface area contributed by atoms with Gasteiger partial charge in [-0.25, -0.2) is 9.97 Å². The van der Waals surface area contributed by atoms with E-state index in [0.717, 1.165) is 31.4 Å². The normalized spacial score (nSPS) is 10.7. The molecule has 1 amide bonds. The van der Waals surface area contributed by atoms with Crippen LogP contribution in [0.2, 0.25) is 0 Å². The van der Waals surface area contributed by atoms with Gasteiger partial charge in [0.05, 0.1) is 11.3 Å². The predicted octanol–water partition coefficient (Wildman–Crippen LogP) is 3.21.